The van der Waals surface area contributed by atoms with E-state index in [0.717, 1.165) is 18.5 Å². The molecule has 1 fully saturated rings. The Morgan fingerprint density at radius 2 is 1.83 bits per heavy atom. The summed E-state index contributed by atoms with van der Waals surface area (Å²) in [6.45, 7) is 1.90. The molecule has 1 atom stereocenters. The number of hydrogen-bond acceptors (Lipinski definition) is 4. The summed E-state index contributed by atoms with van der Waals surface area (Å²) in [6, 6.07) is 5.68. The summed E-state index contributed by atoms with van der Waals surface area (Å²) < 4.78 is 10.5. The van der Waals surface area contributed by atoms with Crippen LogP contribution >= 0.6 is 0 Å². The lowest BCUT2D eigenvalue weighted by Crippen LogP contribution is -2.45. The second kappa shape index (κ2) is 8.09. The van der Waals surface area contributed by atoms with E-state index >= 15 is 0 Å². The molecule has 128 valence electrons. The van der Waals surface area contributed by atoms with Crippen LogP contribution in [0, 0.1) is 0 Å². The molecule has 2 rings (SSSR count). The van der Waals surface area contributed by atoms with Gasteiger partial charge in [-0.3, -0.25) is 4.79 Å². The van der Waals surface area contributed by atoms with Crippen LogP contribution in [0.5, 0.6) is 11.5 Å². The van der Waals surface area contributed by atoms with Gasteiger partial charge in [-0.25, -0.2) is 0 Å². The number of nitrogens with zero attached hydrogens (tertiary/aromatic N) is 1. The molecule has 1 amide bonds. The number of anilines is 1. The Labute approximate surface area is 139 Å². The summed E-state index contributed by atoms with van der Waals surface area (Å²) in [5.74, 6) is 1.46. The van der Waals surface area contributed by atoms with Gasteiger partial charge in [0.15, 0.2) is 11.5 Å². The van der Waals surface area contributed by atoms with E-state index in [2.05, 4.69) is 5.32 Å². The average Bonchev–Trinajstić information content (AvgIpc) is 2.60. The van der Waals surface area contributed by atoms with Crippen LogP contribution < -0.4 is 14.8 Å². The Balaban J connectivity index is 2.00. The van der Waals surface area contributed by atoms with Gasteiger partial charge in [0.2, 0.25) is 5.91 Å². The molecule has 1 aromatic rings. The van der Waals surface area contributed by atoms with Crippen LogP contribution in [-0.4, -0.2) is 44.2 Å². The predicted octanol–water partition coefficient (Wildman–Crippen LogP) is 3.30. The SMILES string of the molecule is COc1ccc(NC(C)C(=O)N(C)C2CCCCC2)cc1OC. The van der Waals surface area contributed by atoms with Crippen molar-refractivity contribution in [1.82, 2.24) is 4.90 Å². The molecule has 1 aliphatic rings. The minimum absolute atomic E-state index is 0.131. The lowest BCUT2D eigenvalue weighted by atomic mass is 9.94. The van der Waals surface area contributed by atoms with Crippen molar-refractivity contribution in [3.63, 3.8) is 0 Å². The molecule has 0 heterocycles. The van der Waals surface area contributed by atoms with Gasteiger partial charge in [-0.15, -0.1) is 0 Å². The number of rotatable bonds is 6. The van der Waals surface area contributed by atoms with E-state index in [1.165, 1.54) is 19.3 Å². The van der Waals surface area contributed by atoms with Crippen LogP contribution in [0.15, 0.2) is 18.2 Å². The lowest BCUT2D eigenvalue weighted by molar-refractivity contribution is -0.133. The van der Waals surface area contributed by atoms with Crippen molar-refractivity contribution < 1.29 is 14.3 Å². The molecule has 1 aliphatic carbocycles. The molecule has 1 aromatic carbocycles. The zero-order valence-corrected chi connectivity index (χ0v) is 14.6. The second-order valence-corrected chi connectivity index (χ2v) is 6.18. The summed E-state index contributed by atoms with van der Waals surface area (Å²) in [4.78, 5) is 14.5. The highest BCUT2D eigenvalue weighted by Gasteiger charge is 2.25. The summed E-state index contributed by atoms with van der Waals surface area (Å²) in [7, 11) is 5.13. The van der Waals surface area contributed by atoms with Gasteiger partial charge >= 0.3 is 0 Å². The first-order chi connectivity index (χ1) is 11.1. The van der Waals surface area contributed by atoms with Crippen LogP contribution in [-0.2, 0) is 4.79 Å². The van der Waals surface area contributed by atoms with Crippen LogP contribution in [0.25, 0.3) is 0 Å². The smallest absolute Gasteiger partial charge is 0.244 e. The summed E-state index contributed by atoms with van der Waals surface area (Å²) in [6.07, 6.45) is 5.97. The van der Waals surface area contributed by atoms with Crippen LogP contribution in [0.4, 0.5) is 5.69 Å². The number of benzene rings is 1. The maximum atomic E-state index is 12.6. The number of ether oxygens (including phenoxy) is 2. The molecule has 0 spiro atoms. The van der Waals surface area contributed by atoms with E-state index in [0.29, 0.717) is 17.5 Å². The fourth-order valence-electron chi connectivity index (χ4n) is 3.19. The lowest BCUT2D eigenvalue weighted by Gasteiger charge is -2.33. The molecular formula is C18H28N2O3. The predicted molar refractivity (Wildman–Crippen MR) is 92.3 cm³/mol. The van der Waals surface area contributed by atoms with Gasteiger partial charge in [0.05, 0.1) is 14.2 Å². The van der Waals surface area contributed by atoms with Crippen molar-refractivity contribution in [3.05, 3.63) is 18.2 Å². The van der Waals surface area contributed by atoms with Crippen molar-refractivity contribution in [2.45, 2.75) is 51.1 Å². The first kappa shape index (κ1) is 17.4. The summed E-state index contributed by atoms with van der Waals surface area (Å²) >= 11 is 0. The first-order valence-corrected chi connectivity index (χ1v) is 8.32. The highest BCUT2D eigenvalue weighted by Crippen LogP contribution is 2.30. The maximum Gasteiger partial charge on any atom is 0.244 e. The van der Waals surface area contributed by atoms with Gasteiger partial charge in [-0.05, 0) is 31.9 Å². The number of carbonyl (C=O) groups excluding carboxylic acids is 1. The highest BCUT2D eigenvalue weighted by atomic mass is 16.5. The quantitative estimate of drug-likeness (QED) is 0.874. The summed E-state index contributed by atoms with van der Waals surface area (Å²) in [5, 5.41) is 3.26. The third-order valence-corrected chi connectivity index (χ3v) is 4.61. The van der Waals surface area contributed by atoms with Crippen molar-refractivity contribution in [1.29, 1.82) is 0 Å². The Morgan fingerprint density at radius 3 is 2.43 bits per heavy atom. The third-order valence-electron chi connectivity index (χ3n) is 4.61. The van der Waals surface area contributed by atoms with Crippen molar-refractivity contribution in [2.24, 2.45) is 0 Å². The molecule has 5 heteroatoms. The molecular weight excluding hydrogens is 292 g/mol. The molecule has 1 N–H and O–H groups in total. The molecule has 0 radical (unpaired) electrons. The monoisotopic (exact) mass is 320 g/mol. The molecule has 5 nitrogen and oxygen atoms in total. The highest BCUT2D eigenvalue weighted by molar-refractivity contribution is 5.84. The normalized spacial score (nSPS) is 16.5. The van der Waals surface area contributed by atoms with E-state index < -0.39 is 0 Å². The second-order valence-electron chi connectivity index (χ2n) is 6.18. The van der Waals surface area contributed by atoms with Crippen molar-refractivity contribution in [3.8, 4) is 11.5 Å². The van der Waals surface area contributed by atoms with E-state index in [9.17, 15) is 4.79 Å². The van der Waals surface area contributed by atoms with Gasteiger partial charge in [-0.2, -0.15) is 0 Å². The minimum atomic E-state index is -0.278. The van der Waals surface area contributed by atoms with Gasteiger partial charge < -0.3 is 19.7 Å². The number of methoxy groups -OCH3 is 2. The Bertz CT molecular complexity index is 527. The number of hydrogen-bond donors (Lipinski definition) is 1. The average molecular weight is 320 g/mol. The molecule has 1 saturated carbocycles. The Morgan fingerprint density at radius 1 is 1.17 bits per heavy atom. The van der Waals surface area contributed by atoms with Crippen molar-refractivity contribution in [2.75, 3.05) is 26.6 Å². The maximum absolute atomic E-state index is 12.6. The Hall–Kier alpha value is -1.91. The van der Waals surface area contributed by atoms with E-state index in [1.807, 2.05) is 37.1 Å². The molecule has 0 bridgehead atoms. The van der Waals surface area contributed by atoms with Gasteiger partial charge in [0.25, 0.3) is 0 Å². The Kier molecular flexibility index (Phi) is 6.13. The summed E-state index contributed by atoms with van der Waals surface area (Å²) in [5.41, 5.74) is 0.848. The number of carbonyl (C=O) groups is 1. The molecule has 0 saturated heterocycles. The third kappa shape index (κ3) is 4.30. The first-order valence-electron chi connectivity index (χ1n) is 8.32. The van der Waals surface area contributed by atoms with E-state index in [4.69, 9.17) is 9.47 Å². The van der Waals surface area contributed by atoms with E-state index in [1.54, 1.807) is 14.2 Å². The van der Waals surface area contributed by atoms with Gasteiger partial charge in [-0.1, -0.05) is 19.3 Å². The zero-order chi connectivity index (χ0) is 16.8. The van der Waals surface area contributed by atoms with Gasteiger partial charge in [0, 0.05) is 24.8 Å². The zero-order valence-electron chi connectivity index (χ0n) is 14.6. The molecule has 0 aromatic heterocycles. The fourth-order valence-corrected chi connectivity index (χ4v) is 3.19. The van der Waals surface area contributed by atoms with E-state index in [-0.39, 0.29) is 11.9 Å². The van der Waals surface area contributed by atoms with Crippen LogP contribution in [0.2, 0.25) is 0 Å². The topological polar surface area (TPSA) is 50.8 Å². The molecule has 0 aliphatic heterocycles. The largest absolute Gasteiger partial charge is 0.493 e. The standard InChI is InChI=1S/C18H28N2O3/c1-13(18(21)20(2)15-8-6-5-7-9-15)19-14-10-11-16(22-3)17(12-14)23-4/h10-13,15,19H,5-9H2,1-4H3. The van der Waals surface area contributed by atoms with Gasteiger partial charge in [0.1, 0.15) is 6.04 Å². The molecule has 23 heavy (non-hydrogen) atoms. The van der Waals surface area contributed by atoms with Crippen LogP contribution in [0.1, 0.15) is 39.0 Å². The molecule has 1 unspecified atom stereocenters. The number of likely N-dealkylation sites (N-methyl/N-ethyl adjacent to an activating group) is 1. The van der Waals surface area contributed by atoms with Crippen molar-refractivity contribution >= 4 is 11.6 Å². The van der Waals surface area contributed by atoms with Crippen LogP contribution in [0.3, 0.4) is 0 Å². The number of nitrogens with one attached hydrogen (secondary N) is 1. The fraction of sp³-hybridized carbons (Fsp3) is 0.611. The minimum Gasteiger partial charge on any atom is -0.493 e. The number of amides is 1.